The van der Waals surface area contributed by atoms with Gasteiger partial charge in [0.2, 0.25) is 17.7 Å². The summed E-state index contributed by atoms with van der Waals surface area (Å²) in [5.41, 5.74) is 0.680. The molecule has 3 atom stereocenters. The van der Waals surface area contributed by atoms with Crippen LogP contribution in [0.15, 0.2) is 28.8 Å². The number of methoxy groups -OCH3 is 1. The maximum Gasteiger partial charge on any atom is 0.235 e. The van der Waals surface area contributed by atoms with Crippen molar-refractivity contribution in [2.45, 2.75) is 57.9 Å². The van der Waals surface area contributed by atoms with E-state index in [1.165, 1.54) is 0 Å². The second-order valence-corrected chi connectivity index (χ2v) is 9.43. The Labute approximate surface area is 188 Å². The molecule has 1 aliphatic heterocycles. The average Bonchev–Trinajstić information content (AvgIpc) is 3.44. The number of amides is 2. The molecule has 0 bridgehead atoms. The quantitative estimate of drug-likeness (QED) is 0.711. The smallest absolute Gasteiger partial charge is 0.235 e. The Morgan fingerprint density at radius 2 is 2.19 bits per heavy atom. The van der Waals surface area contributed by atoms with E-state index < -0.39 is 5.41 Å². The number of hydrogen-bond acceptors (Lipinski definition) is 6. The van der Waals surface area contributed by atoms with E-state index in [1.807, 2.05) is 43.0 Å². The summed E-state index contributed by atoms with van der Waals surface area (Å²) >= 11 is 0. The van der Waals surface area contributed by atoms with E-state index in [2.05, 4.69) is 15.5 Å². The lowest BCUT2D eigenvalue weighted by Crippen LogP contribution is -2.40. The topological polar surface area (TPSA) is 97.6 Å². The normalized spacial score (nSPS) is 24.6. The molecule has 1 N–H and O–H groups in total. The van der Waals surface area contributed by atoms with Crippen LogP contribution in [-0.2, 0) is 21.4 Å². The predicted molar refractivity (Wildman–Crippen MR) is 118 cm³/mol. The van der Waals surface area contributed by atoms with Crippen LogP contribution in [-0.4, -0.2) is 53.1 Å². The van der Waals surface area contributed by atoms with E-state index in [0.717, 1.165) is 17.7 Å². The fourth-order valence-corrected chi connectivity index (χ4v) is 5.23. The summed E-state index contributed by atoms with van der Waals surface area (Å²) < 4.78 is 10.9. The van der Waals surface area contributed by atoms with E-state index >= 15 is 0 Å². The molecule has 2 amide bonds. The van der Waals surface area contributed by atoms with Gasteiger partial charge in [-0.05, 0) is 49.8 Å². The van der Waals surface area contributed by atoms with Gasteiger partial charge in [-0.2, -0.15) is 4.98 Å². The number of fused-ring (bicyclic) bond motifs is 1. The lowest BCUT2D eigenvalue weighted by Gasteiger charge is -2.26. The molecule has 0 radical (unpaired) electrons. The molecule has 2 fully saturated rings. The third-order valence-electron chi connectivity index (χ3n) is 6.77. The summed E-state index contributed by atoms with van der Waals surface area (Å²) in [7, 11) is 1.64. The molecule has 4 rings (SSSR count). The van der Waals surface area contributed by atoms with Crippen LogP contribution < -0.4 is 10.1 Å². The number of nitrogens with zero attached hydrogens (tertiary/aromatic N) is 3. The van der Waals surface area contributed by atoms with Crippen molar-refractivity contribution in [3.63, 3.8) is 0 Å². The van der Waals surface area contributed by atoms with Gasteiger partial charge in [0.1, 0.15) is 5.75 Å². The molecule has 8 nitrogen and oxygen atoms in total. The van der Waals surface area contributed by atoms with E-state index in [-0.39, 0.29) is 29.7 Å². The Balaban J connectivity index is 1.42. The number of carbonyl (C=O) groups is 2. The highest BCUT2D eigenvalue weighted by Gasteiger charge is 2.58. The summed E-state index contributed by atoms with van der Waals surface area (Å²) in [5, 5.41) is 7.21. The number of carbonyl (C=O) groups excluding carboxylic acids is 2. The van der Waals surface area contributed by atoms with Crippen molar-refractivity contribution < 1.29 is 18.8 Å². The van der Waals surface area contributed by atoms with Gasteiger partial charge in [-0.15, -0.1) is 0 Å². The zero-order chi connectivity index (χ0) is 22.9. The molecule has 2 aromatic rings. The molecule has 1 aliphatic carbocycles. The number of aryl methyl sites for hydroxylation is 2. The van der Waals surface area contributed by atoms with Gasteiger partial charge in [0.05, 0.1) is 12.5 Å². The third kappa shape index (κ3) is 4.36. The van der Waals surface area contributed by atoms with Gasteiger partial charge in [-0.3, -0.25) is 9.59 Å². The van der Waals surface area contributed by atoms with Crippen molar-refractivity contribution in [1.29, 1.82) is 0 Å². The minimum Gasteiger partial charge on any atom is -0.497 e. The second kappa shape index (κ2) is 8.92. The van der Waals surface area contributed by atoms with Crippen molar-refractivity contribution in [2.24, 2.45) is 11.8 Å². The van der Waals surface area contributed by atoms with Crippen LogP contribution in [0.3, 0.4) is 0 Å². The molecule has 1 aromatic heterocycles. The van der Waals surface area contributed by atoms with E-state index in [4.69, 9.17) is 9.26 Å². The standard InChI is InChI=1S/C24H32N4O4/c1-15(2)22(30)28-13-18-11-19(12-24(18,14-28)23-25-16(3)27-32-23)26-21(29)9-8-17-6-5-7-20(10-17)31-4/h5-7,10,15,18-19H,8-9,11-14H2,1-4H3,(H,26,29)/t18?,19-,24+/m1/s1. The Bertz CT molecular complexity index is 988. The van der Waals surface area contributed by atoms with Crippen molar-refractivity contribution in [1.82, 2.24) is 20.4 Å². The first kappa shape index (κ1) is 22.3. The van der Waals surface area contributed by atoms with Crippen LogP contribution in [0.2, 0.25) is 0 Å². The van der Waals surface area contributed by atoms with Crippen LogP contribution in [0.1, 0.15) is 50.4 Å². The highest BCUT2D eigenvalue weighted by atomic mass is 16.5. The number of likely N-dealkylation sites (tertiary alicyclic amines) is 1. The molecule has 8 heteroatoms. The summed E-state index contributed by atoms with van der Waals surface area (Å²) in [5.74, 6) is 2.29. The molecule has 1 unspecified atom stereocenters. The molecule has 1 aromatic carbocycles. The van der Waals surface area contributed by atoms with Gasteiger partial charge in [0.25, 0.3) is 0 Å². The molecule has 172 valence electrons. The minimum atomic E-state index is -0.392. The van der Waals surface area contributed by atoms with E-state index in [0.29, 0.717) is 44.1 Å². The largest absolute Gasteiger partial charge is 0.497 e. The Hall–Kier alpha value is -2.90. The van der Waals surface area contributed by atoms with Crippen LogP contribution in [0, 0.1) is 18.8 Å². The maximum atomic E-state index is 12.7. The highest BCUT2D eigenvalue weighted by Crippen LogP contribution is 2.50. The molecule has 0 spiro atoms. The van der Waals surface area contributed by atoms with E-state index in [9.17, 15) is 9.59 Å². The average molecular weight is 441 g/mol. The Kier molecular flexibility index (Phi) is 6.22. The van der Waals surface area contributed by atoms with Crippen molar-refractivity contribution in [2.75, 3.05) is 20.2 Å². The first-order chi connectivity index (χ1) is 15.3. The lowest BCUT2D eigenvalue weighted by molar-refractivity contribution is -0.134. The Morgan fingerprint density at radius 1 is 1.38 bits per heavy atom. The number of ether oxygens (including phenoxy) is 1. The lowest BCUT2D eigenvalue weighted by atomic mass is 9.80. The molecular weight excluding hydrogens is 408 g/mol. The summed E-state index contributed by atoms with van der Waals surface area (Å²) in [6.45, 7) is 6.87. The van der Waals surface area contributed by atoms with Crippen LogP contribution >= 0.6 is 0 Å². The molecule has 1 saturated heterocycles. The van der Waals surface area contributed by atoms with Crippen LogP contribution in [0.5, 0.6) is 5.75 Å². The summed E-state index contributed by atoms with van der Waals surface area (Å²) in [6.07, 6.45) is 2.57. The predicted octanol–water partition coefficient (Wildman–Crippen LogP) is 2.65. The Morgan fingerprint density at radius 3 is 2.88 bits per heavy atom. The minimum absolute atomic E-state index is 0.0290. The first-order valence-electron chi connectivity index (χ1n) is 11.3. The highest BCUT2D eigenvalue weighted by molar-refractivity contribution is 5.79. The van der Waals surface area contributed by atoms with Crippen LogP contribution in [0.25, 0.3) is 0 Å². The number of rotatable bonds is 7. The van der Waals surface area contributed by atoms with Crippen molar-refractivity contribution in [3.8, 4) is 5.75 Å². The molecular formula is C24H32N4O4. The van der Waals surface area contributed by atoms with Gasteiger partial charge < -0.3 is 19.5 Å². The molecule has 1 saturated carbocycles. The summed E-state index contributed by atoms with van der Waals surface area (Å²) in [4.78, 5) is 31.8. The van der Waals surface area contributed by atoms with Crippen LogP contribution in [0.4, 0.5) is 0 Å². The SMILES string of the molecule is COc1cccc(CCC(=O)N[C@@H]2CC3CN(C(=O)C(C)C)C[C@@]3(c3nc(C)no3)C2)c1. The fourth-order valence-electron chi connectivity index (χ4n) is 5.23. The maximum absolute atomic E-state index is 12.7. The molecule has 2 heterocycles. The van der Waals surface area contributed by atoms with Crippen molar-refractivity contribution in [3.05, 3.63) is 41.5 Å². The fraction of sp³-hybridized carbons (Fsp3) is 0.583. The number of nitrogens with one attached hydrogen (secondary N) is 1. The van der Waals surface area contributed by atoms with Crippen molar-refractivity contribution >= 4 is 11.8 Å². The first-order valence-corrected chi connectivity index (χ1v) is 11.3. The third-order valence-corrected chi connectivity index (χ3v) is 6.77. The van der Waals surface area contributed by atoms with Gasteiger partial charge in [-0.1, -0.05) is 31.1 Å². The number of hydrogen-bond donors (Lipinski definition) is 1. The van der Waals surface area contributed by atoms with Gasteiger partial charge in [0, 0.05) is 31.5 Å². The monoisotopic (exact) mass is 440 g/mol. The van der Waals surface area contributed by atoms with Gasteiger partial charge in [-0.25, -0.2) is 0 Å². The second-order valence-electron chi connectivity index (χ2n) is 9.43. The zero-order valence-corrected chi connectivity index (χ0v) is 19.3. The zero-order valence-electron chi connectivity index (χ0n) is 19.3. The molecule has 32 heavy (non-hydrogen) atoms. The van der Waals surface area contributed by atoms with Gasteiger partial charge in [0.15, 0.2) is 5.82 Å². The number of aromatic nitrogens is 2. The molecule has 2 aliphatic rings. The van der Waals surface area contributed by atoms with Gasteiger partial charge >= 0.3 is 0 Å². The van der Waals surface area contributed by atoms with E-state index in [1.54, 1.807) is 14.0 Å². The summed E-state index contributed by atoms with van der Waals surface area (Å²) in [6, 6.07) is 7.82. The number of benzene rings is 1.